The number of nitrogens with one attached hydrogen (secondary N) is 1. The fourth-order valence-electron chi connectivity index (χ4n) is 2.56. The van der Waals surface area contributed by atoms with Crippen LogP contribution < -0.4 is 5.32 Å². The Hall–Kier alpha value is -1.00. The van der Waals surface area contributed by atoms with E-state index in [0.717, 1.165) is 31.2 Å². The normalized spacial score (nSPS) is 26.6. The third-order valence-electron chi connectivity index (χ3n) is 3.67. The number of hydrogen-bond acceptors (Lipinski definition) is 3. The van der Waals surface area contributed by atoms with Gasteiger partial charge in [-0.15, -0.1) is 0 Å². The molecule has 1 heterocycles. The molecule has 1 fully saturated rings. The van der Waals surface area contributed by atoms with Gasteiger partial charge < -0.3 is 10.4 Å². The van der Waals surface area contributed by atoms with E-state index in [-0.39, 0.29) is 24.0 Å². The van der Waals surface area contributed by atoms with Gasteiger partial charge in [-0.3, -0.25) is 4.98 Å². The summed E-state index contributed by atoms with van der Waals surface area (Å²) < 4.78 is 13.1. The Morgan fingerprint density at radius 1 is 1.33 bits per heavy atom. The standard InChI is InChI=1S/C14H21FN2O/c1-10(11-7-12(15)9-16-8-11)17-13-5-3-2-4-6-14(13)18/h7-10,13-14,17-18H,2-6H2,1H3. The lowest BCUT2D eigenvalue weighted by molar-refractivity contribution is 0.115. The lowest BCUT2D eigenvalue weighted by Crippen LogP contribution is -2.40. The molecule has 0 bridgehead atoms. The van der Waals surface area contributed by atoms with Gasteiger partial charge in [-0.05, 0) is 31.4 Å². The number of hydrogen-bond donors (Lipinski definition) is 2. The van der Waals surface area contributed by atoms with Crippen molar-refractivity contribution in [1.82, 2.24) is 10.3 Å². The highest BCUT2D eigenvalue weighted by molar-refractivity contribution is 5.14. The van der Waals surface area contributed by atoms with Crippen LogP contribution in [0.2, 0.25) is 0 Å². The van der Waals surface area contributed by atoms with Gasteiger partial charge in [0, 0.05) is 18.3 Å². The first-order chi connectivity index (χ1) is 8.66. The number of halogens is 1. The SMILES string of the molecule is CC(NC1CCCCCC1O)c1cncc(F)c1. The smallest absolute Gasteiger partial charge is 0.141 e. The van der Waals surface area contributed by atoms with Gasteiger partial charge >= 0.3 is 0 Å². The molecule has 18 heavy (non-hydrogen) atoms. The highest BCUT2D eigenvalue weighted by Gasteiger charge is 2.23. The minimum atomic E-state index is -0.317. The zero-order valence-corrected chi connectivity index (χ0v) is 10.8. The number of aliphatic hydroxyl groups excluding tert-OH is 1. The third-order valence-corrected chi connectivity index (χ3v) is 3.67. The van der Waals surface area contributed by atoms with Crippen LogP contribution in [0.5, 0.6) is 0 Å². The fourth-order valence-corrected chi connectivity index (χ4v) is 2.56. The van der Waals surface area contributed by atoms with Gasteiger partial charge in [0.15, 0.2) is 0 Å². The summed E-state index contributed by atoms with van der Waals surface area (Å²) in [7, 11) is 0. The van der Waals surface area contributed by atoms with E-state index in [0.29, 0.717) is 0 Å². The van der Waals surface area contributed by atoms with Crippen molar-refractivity contribution >= 4 is 0 Å². The Morgan fingerprint density at radius 3 is 2.89 bits per heavy atom. The lowest BCUT2D eigenvalue weighted by atomic mass is 10.0. The first-order valence-corrected chi connectivity index (χ1v) is 6.71. The molecule has 0 saturated heterocycles. The molecule has 1 aromatic heterocycles. The largest absolute Gasteiger partial charge is 0.392 e. The maximum absolute atomic E-state index is 13.1. The van der Waals surface area contributed by atoms with Gasteiger partial charge in [-0.2, -0.15) is 0 Å². The molecule has 0 aromatic carbocycles. The first kappa shape index (κ1) is 13.4. The van der Waals surface area contributed by atoms with Crippen molar-refractivity contribution in [3.05, 3.63) is 29.8 Å². The van der Waals surface area contributed by atoms with Crippen LogP contribution in [0, 0.1) is 5.82 Å². The Balaban J connectivity index is 1.99. The van der Waals surface area contributed by atoms with Gasteiger partial charge in [0.2, 0.25) is 0 Å². The minimum Gasteiger partial charge on any atom is -0.392 e. The van der Waals surface area contributed by atoms with E-state index >= 15 is 0 Å². The van der Waals surface area contributed by atoms with E-state index in [4.69, 9.17) is 0 Å². The molecule has 2 rings (SSSR count). The van der Waals surface area contributed by atoms with E-state index < -0.39 is 0 Å². The molecule has 3 nitrogen and oxygen atoms in total. The Kier molecular flexibility index (Phi) is 4.66. The zero-order chi connectivity index (χ0) is 13.0. The average Bonchev–Trinajstić information content (AvgIpc) is 2.55. The second kappa shape index (κ2) is 6.25. The van der Waals surface area contributed by atoms with Crippen LogP contribution in [0.3, 0.4) is 0 Å². The van der Waals surface area contributed by atoms with E-state index in [9.17, 15) is 9.50 Å². The molecule has 0 radical (unpaired) electrons. The first-order valence-electron chi connectivity index (χ1n) is 6.71. The number of rotatable bonds is 3. The van der Waals surface area contributed by atoms with Crippen molar-refractivity contribution in [2.75, 3.05) is 0 Å². The molecule has 0 aliphatic heterocycles. The predicted octanol–water partition coefficient (Wildman–Crippen LogP) is 2.56. The molecular formula is C14H21FN2O. The van der Waals surface area contributed by atoms with E-state index in [1.807, 2.05) is 6.92 Å². The molecule has 1 aliphatic rings. The quantitative estimate of drug-likeness (QED) is 0.813. The summed E-state index contributed by atoms with van der Waals surface area (Å²) in [5.74, 6) is -0.317. The Morgan fingerprint density at radius 2 is 2.11 bits per heavy atom. The molecule has 0 spiro atoms. The molecule has 0 amide bonds. The summed E-state index contributed by atoms with van der Waals surface area (Å²) in [5, 5.41) is 13.4. The monoisotopic (exact) mass is 252 g/mol. The van der Waals surface area contributed by atoms with Crippen molar-refractivity contribution < 1.29 is 9.50 Å². The number of nitrogens with zero attached hydrogens (tertiary/aromatic N) is 1. The summed E-state index contributed by atoms with van der Waals surface area (Å²) >= 11 is 0. The van der Waals surface area contributed by atoms with Gasteiger partial charge in [-0.1, -0.05) is 19.3 Å². The van der Waals surface area contributed by atoms with Crippen molar-refractivity contribution in [3.63, 3.8) is 0 Å². The second-order valence-electron chi connectivity index (χ2n) is 5.14. The maximum atomic E-state index is 13.1. The summed E-state index contributed by atoms with van der Waals surface area (Å²) in [4.78, 5) is 3.86. The molecular weight excluding hydrogens is 231 g/mol. The van der Waals surface area contributed by atoms with Crippen molar-refractivity contribution in [3.8, 4) is 0 Å². The summed E-state index contributed by atoms with van der Waals surface area (Å²) in [6.07, 6.45) is 7.83. The number of pyridine rings is 1. The average molecular weight is 252 g/mol. The molecule has 1 aromatic rings. The lowest BCUT2D eigenvalue weighted by Gasteiger charge is -2.26. The van der Waals surface area contributed by atoms with Crippen LogP contribution in [0.25, 0.3) is 0 Å². The predicted molar refractivity (Wildman–Crippen MR) is 68.6 cm³/mol. The van der Waals surface area contributed by atoms with Crippen LogP contribution in [0.1, 0.15) is 50.6 Å². The second-order valence-corrected chi connectivity index (χ2v) is 5.14. The summed E-state index contributed by atoms with van der Waals surface area (Å²) in [6, 6.07) is 1.60. The molecule has 100 valence electrons. The third kappa shape index (κ3) is 3.50. The Bertz CT molecular complexity index is 386. The van der Waals surface area contributed by atoms with E-state index in [1.165, 1.54) is 18.7 Å². The van der Waals surface area contributed by atoms with Crippen molar-refractivity contribution in [2.45, 2.75) is 57.2 Å². The number of aromatic nitrogens is 1. The number of aliphatic hydroxyl groups is 1. The van der Waals surface area contributed by atoms with Crippen molar-refractivity contribution in [1.29, 1.82) is 0 Å². The van der Waals surface area contributed by atoms with E-state index in [2.05, 4.69) is 10.3 Å². The topological polar surface area (TPSA) is 45.1 Å². The van der Waals surface area contributed by atoms with Gasteiger partial charge in [0.1, 0.15) is 5.82 Å². The highest BCUT2D eigenvalue weighted by atomic mass is 19.1. The van der Waals surface area contributed by atoms with E-state index in [1.54, 1.807) is 6.20 Å². The van der Waals surface area contributed by atoms with Gasteiger partial charge in [0.25, 0.3) is 0 Å². The minimum absolute atomic E-state index is 0.00551. The molecule has 3 atom stereocenters. The van der Waals surface area contributed by atoms with Crippen LogP contribution in [0.4, 0.5) is 4.39 Å². The van der Waals surface area contributed by atoms with Gasteiger partial charge in [0.05, 0.1) is 12.3 Å². The van der Waals surface area contributed by atoms with Crippen LogP contribution in [0.15, 0.2) is 18.5 Å². The molecule has 2 N–H and O–H groups in total. The maximum Gasteiger partial charge on any atom is 0.141 e. The van der Waals surface area contributed by atoms with Gasteiger partial charge in [-0.25, -0.2) is 4.39 Å². The molecule has 1 aliphatic carbocycles. The molecule has 3 unspecified atom stereocenters. The van der Waals surface area contributed by atoms with Crippen molar-refractivity contribution in [2.24, 2.45) is 0 Å². The Labute approximate surface area is 107 Å². The van der Waals surface area contributed by atoms with Crippen LogP contribution in [-0.2, 0) is 0 Å². The van der Waals surface area contributed by atoms with Crippen LogP contribution >= 0.6 is 0 Å². The van der Waals surface area contributed by atoms with Crippen LogP contribution in [-0.4, -0.2) is 22.2 Å². The highest BCUT2D eigenvalue weighted by Crippen LogP contribution is 2.21. The molecule has 4 heteroatoms. The summed E-state index contributed by atoms with van der Waals surface area (Å²) in [5.41, 5.74) is 0.825. The summed E-state index contributed by atoms with van der Waals surface area (Å²) in [6.45, 7) is 1.98. The zero-order valence-electron chi connectivity index (χ0n) is 10.8. The fraction of sp³-hybridized carbons (Fsp3) is 0.643. The molecule has 1 saturated carbocycles.